The van der Waals surface area contributed by atoms with Crippen LogP contribution in [0, 0.1) is 5.92 Å². The number of carbonyl (C=O) groups is 2. The first kappa shape index (κ1) is 75.6. The largest absolute Gasteiger partial charge is 0.394 e. The first-order chi connectivity index (χ1) is 39.8. The Morgan fingerprint density at radius 3 is 1.35 bits per heavy atom. The number of hydrogen-bond acceptors (Lipinski definition) is 21. The number of rotatable bonds is 47. The summed E-state index contributed by atoms with van der Waals surface area (Å²) in [5.74, 6) is -1.80. The maximum Gasteiger partial charge on any atom is 0.257 e. The van der Waals surface area contributed by atoms with Crippen molar-refractivity contribution in [1.29, 1.82) is 0 Å². The molecule has 3 saturated heterocycles. The summed E-state index contributed by atoms with van der Waals surface area (Å²) in [7, 11) is 0. The maximum absolute atomic E-state index is 13.6. The molecular weight excluding hydrogens is 1080 g/mol. The van der Waals surface area contributed by atoms with Crippen molar-refractivity contribution in [1.82, 2.24) is 5.32 Å². The molecule has 83 heavy (non-hydrogen) atoms. The molecule has 490 valence electrons. The van der Waals surface area contributed by atoms with Crippen molar-refractivity contribution in [2.24, 2.45) is 5.92 Å². The third-order valence-electron chi connectivity index (χ3n) is 16.8. The van der Waals surface area contributed by atoms with E-state index in [0.717, 1.165) is 64.2 Å². The van der Waals surface area contributed by atoms with Crippen LogP contribution >= 0.6 is 0 Å². The van der Waals surface area contributed by atoms with Crippen LogP contribution in [0.1, 0.15) is 227 Å². The second-order valence-electron chi connectivity index (χ2n) is 24.4. The fourth-order valence-electron chi connectivity index (χ4n) is 11.3. The van der Waals surface area contributed by atoms with Crippen LogP contribution in [0.2, 0.25) is 0 Å². The molecule has 3 heterocycles. The van der Waals surface area contributed by atoms with Crippen LogP contribution < -0.4 is 5.32 Å². The number of ether oxygens (including phenoxy) is 6. The fraction of sp³-hybridized carbons (Fsp3) is 0.967. The standard InChI is InChI=1S/C61H115NO21/c1-5-6-7-8-9-10-11-12-13-14-15-16-17-18-19-22-26-29-32-35-43(66)48(69)52(73)58(77)62-41(47(68)42(65)34-31-28-25-23-20-21-24-27-30-33-39(2)3)38-78-59-55(76)57(83-60-53(74)50(71)46(67)40(4)79-60)56(45(37-64)81-59)82-61-54(75)51(72)49(70)44(36-63)80-61/h39-47,49-57,59-61,63-68,70-76H,5-38H2,1-4H3,(H,62,77)/t40-,41+,42-,43-,44-,45-,46+,47+,49+,50+,51+,52-,53-,54-,55-,56-,57-,59-,60-,61+/m1/s1. The molecule has 3 rings (SSSR count). The van der Waals surface area contributed by atoms with E-state index >= 15 is 0 Å². The molecular formula is C61H115NO21. The Bertz CT molecular complexity index is 1650. The molecule has 0 aromatic carbocycles. The number of carbonyl (C=O) groups excluding carboxylic acids is 2. The van der Waals surface area contributed by atoms with Gasteiger partial charge in [-0.1, -0.05) is 207 Å². The lowest BCUT2D eigenvalue weighted by atomic mass is 9.96. The third-order valence-corrected chi connectivity index (χ3v) is 16.8. The minimum absolute atomic E-state index is 0.00282. The molecule has 0 bridgehead atoms. The van der Waals surface area contributed by atoms with Gasteiger partial charge < -0.3 is 100 Å². The van der Waals surface area contributed by atoms with Crippen molar-refractivity contribution in [3.8, 4) is 0 Å². The molecule has 0 radical (unpaired) electrons. The fourth-order valence-corrected chi connectivity index (χ4v) is 11.3. The summed E-state index contributed by atoms with van der Waals surface area (Å²) in [6.45, 7) is 5.46. The lowest BCUT2D eigenvalue weighted by Gasteiger charge is -2.49. The zero-order chi connectivity index (χ0) is 61.3. The van der Waals surface area contributed by atoms with E-state index in [2.05, 4.69) is 26.1 Å². The minimum atomic E-state index is -2.39. The maximum atomic E-state index is 13.6. The van der Waals surface area contributed by atoms with Gasteiger partial charge in [0.25, 0.3) is 5.91 Å². The van der Waals surface area contributed by atoms with E-state index in [0.29, 0.717) is 18.8 Å². The van der Waals surface area contributed by atoms with Gasteiger partial charge in [0.1, 0.15) is 79.4 Å². The second-order valence-corrected chi connectivity index (χ2v) is 24.4. The second kappa shape index (κ2) is 43.1. The molecule has 0 aromatic rings. The Morgan fingerprint density at radius 2 is 0.880 bits per heavy atom. The highest BCUT2D eigenvalue weighted by Gasteiger charge is 2.54. The third kappa shape index (κ3) is 27.3. The normalized spacial score (nSPS) is 30.5. The van der Waals surface area contributed by atoms with Crippen LogP contribution in [0.3, 0.4) is 0 Å². The predicted octanol–water partition coefficient (Wildman–Crippen LogP) is 3.75. The van der Waals surface area contributed by atoms with Gasteiger partial charge in [-0.3, -0.25) is 9.59 Å². The van der Waals surface area contributed by atoms with Crippen molar-refractivity contribution in [2.45, 2.75) is 349 Å². The van der Waals surface area contributed by atoms with Crippen LogP contribution in [0.15, 0.2) is 0 Å². The van der Waals surface area contributed by atoms with Crippen molar-refractivity contribution in [2.75, 3.05) is 19.8 Å². The highest BCUT2D eigenvalue weighted by molar-refractivity contribution is 6.05. The molecule has 3 aliphatic rings. The number of hydrogen-bond donors (Lipinski definition) is 14. The lowest BCUT2D eigenvalue weighted by molar-refractivity contribution is -0.386. The number of amides is 1. The number of ketones is 1. The summed E-state index contributed by atoms with van der Waals surface area (Å²) in [5.41, 5.74) is 0. The van der Waals surface area contributed by atoms with Gasteiger partial charge in [-0.05, 0) is 25.7 Å². The molecule has 14 N–H and O–H groups in total. The van der Waals surface area contributed by atoms with Gasteiger partial charge in [0.15, 0.2) is 30.8 Å². The van der Waals surface area contributed by atoms with Gasteiger partial charge in [-0.25, -0.2) is 0 Å². The lowest BCUT2D eigenvalue weighted by Crippen LogP contribution is -2.67. The van der Waals surface area contributed by atoms with Crippen molar-refractivity contribution < 1.29 is 104 Å². The molecule has 0 aliphatic carbocycles. The highest BCUT2D eigenvalue weighted by Crippen LogP contribution is 2.34. The predicted molar refractivity (Wildman–Crippen MR) is 308 cm³/mol. The Labute approximate surface area is 494 Å². The minimum Gasteiger partial charge on any atom is -0.394 e. The van der Waals surface area contributed by atoms with Crippen molar-refractivity contribution in [3.63, 3.8) is 0 Å². The van der Waals surface area contributed by atoms with Crippen molar-refractivity contribution >= 4 is 11.7 Å². The Morgan fingerprint density at radius 1 is 0.470 bits per heavy atom. The Hall–Kier alpha value is -1.62. The van der Waals surface area contributed by atoms with Gasteiger partial charge in [0.2, 0.25) is 0 Å². The molecule has 0 aromatic heterocycles. The van der Waals surface area contributed by atoms with Crippen LogP contribution in [-0.2, 0) is 38.0 Å². The monoisotopic (exact) mass is 1200 g/mol. The summed E-state index contributed by atoms with van der Waals surface area (Å²) in [6.07, 6.45) is -1.15. The van der Waals surface area contributed by atoms with Crippen LogP contribution in [0.5, 0.6) is 0 Å². The van der Waals surface area contributed by atoms with Gasteiger partial charge in [-0.2, -0.15) is 0 Å². The van der Waals surface area contributed by atoms with E-state index in [9.17, 15) is 76.0 Å². The smallest absolute Gasteiger partial charge is 0.257 e. The molecule has 0 spiro atoms. The van der Waals surface area contributed by atoms with Crippen LogP contribution in [0.25, 0.3) is 0 Å². The van der Waals surface area contributed by atoms with Gasteiger partial charge in [-0.15, -0.1) is 0 Å². The number of unbranched alkanes of at least 4 members (excludes halogenated alkanes) is 26. The SMILES string of the molecule is CCCCCCCCCCCCCCCCCCCCC[C@@H](O)C(=O)[C@@H](O)C(=O)N[C@@H](CO[C@@H]1O[C@H](CO)[C@@H](O[C@@H]2O[C@H](CO)[C@H](O)[C@H](O)[C@H]2O)[C@H](O[C@H]2O[C@H](C)[C@H](O)[C@H](O)[C@H]2O)[C@H]1O)[C@H](O)[C@H](O)CCCCCCCCCCCC(C)C. The first-order valence-corrected chi connectivity index (χ1v) is 32.2. The highest BCUT2D eigenvalue weighted by atomic mass is 16.8. The average Bonchev–Trinajstić information content (AvgIpc) is 3.54. The van der Waals surface area contributed by atoms with E-state index < -0.39 is 154 Å². The van der Waals surface area contributed by atoms with E-state index in [1.54, 1.807) is 0 Å². The van der Waals surface area contributed by atoms with Crippen molar-refractivity contribution in [3.05, 3.63) is 0 Å². The number of aliphatic hydroxyl groups is 13. The van der Waals surface area contributed by atoms with Gasteiger partial charge in [0.05, 0.1) is 38.1 Å². The molecule has 3 aliphatic heterocycles. The number of nitrogens with one attached hydrogen (secondary N) is 1. The van der Waals surface area contributed by atoms with E-state index in [1.807, 2.05) is 0 Å². The topological polar surface area (TPSA) is 365 Å². The molecule has 20 atom stereocenters. The molecule has 1 amide bonds. The number of Topliss-reactive ketones (excluding diaryl/α,β-unsaturated/α-hetero) is 1. The number of aliphatic hydroxyl groups excluding tert-OH is 13. The summed E-state index contributed by atoms with van der Waals surface area (Å²) in [5, 5.41) is 143. The summed E-state index contributed by atoms with van der Waals surface area (Å²) >= 11 is 0. The molecule has 0 saturated carbocycles. The van der Waals surface area contributed by atoms with Gasteiger partial charge >= 0.3 is 0 Å². The van der Waals surface area contributed by atoms with E-state index in [4.69, 9.17) is 28.4 Å². The zero-order valence-electron chi connectivity index (χ0n) is 50.7. The quantitative estimate of drug-likeness (QED) is 0.0305. The molecule has 3 fully saturated rings. The first-order valence-electron chi connectivity index (χ1n) is 32.2. The zero-order valence-corrected chi connectivity index (χ0v) is 50.7. The summed E-state index contributed by atoms with van der Waals surface area (Å²) in [6, 6.07) is -1.63. The van der Waals surface area contributed by atoms with Crippen LogP contribution in [-0.4, -0.2) is 220 Å². The Balaban J connectivity index is 1.64. The summed E-state index contributed by atoms with van der Waals surface area (Å²) in [4.78, 5) is 26.9. The van der Waals surface area contributed by atoms with E-state index in [1.165, 1.54) is 116 Å². The van der Waals surface area contributed by atoms with Gasteiger partial charge in [0, 0.05) is 0 Å². The Kier molecular flexibility index (Phi) is 39.3. The summed E-state index contributed by atoms with van der Waals surface area (Å²) < 4.78 is 34.9. The van der Waals surface area contributed by atoms with Crippen LogP contribution in [0.4, 0.5) is 0 Å². The molecule has 22 heteroatoms. The van der Waals surface area contributed by atoms with E-state index in [-0.39, 0.29) is 12.8 Å². The molecule has 0 unspecified atom stereocenters. The molecule has 22 nitrogen and oxygen atoms in total. The average molecular weight is 1200 g/mol.